The maximum absolute atomic E-state index is 5.90. The Labute approximate surface area is 122 Å². The van der Waals surface area contributed by atoms with Crippen LogP contribution in [-0.2, 0) is 0 Å². The SMILES string of the molecule is CCCCCCCCC(CN)CCCCCCCC. The predicted molar refractivity (Wildman–Crippen MR) is 88.5 cm³/mol. The van der Waals surface area contributed by atoms with Crippen molar-refractivity contribution in [2.75, 3.05) is 6.54 Å². The molecule has 0 heterocycles. The lowest BCUT2D eigenvalue weighted by Gasteiger charge is -2.14. The van der Waals surface area contributed by atoms with Crippen molar-refractivity contribution >= 4 is 0 Å². The zero-order valence-corrected chi connectivity index (χ0v) is 13.8. The summed E-state index contributed by atoms with van der Waals surface area (Å²) in [5, 5.41) is 0. The summed E-state index contributed by atoms with van der Waals surface area (Å²) in [6, 6.07) is 0. The van der Waals surface area contributed by atoms with E-state index in [2.05, 4.69) is 13.8 Å². The molecule has 0 aromatic rings. The van der Waals surface area contributed by atoms with Gasteiger partial charge in [-0.2, -0.15) is 0 Å². The van der Waals surface area contributed by atoms with Gasteiger partial charge in [-0.15, -0.1) is 0 Å². The summed E-state index contributed by atoms with van der Waals surface area (Å²) < 4.78 is 0. The Morgan fingerprint density at radius 3 is 1.32 bits per heavy atom. The number of rotatable bonds is 15. The summed E-state index contributed by atoms with van der Waals surface area (Å²) in [5.41, 5.74) is 5.90. The highest BCUT2D eigenvalue weighted by Crippen LogP contribution is 2.18. The average molecular weight is 270 g/mol. The van der Waals surface area contributed by atoms with Gasteiger partial charge in [-0.25, -0.2) is 0 Å². The molecular weight excluding hydrogens is 230 g/mol. The van der Waals surface area contributed by atoms with Crippen molar-refractivity contribution in [2.45, 2.75) is 104 Å². The first kappa shape index (κ1) is 19.0. The normalized spacial score (nSPS) is 11.4. The van der Waals surface area contributed by atoms with Crippen LogP contribution < -0.4 is 5.73 Å². The highest BCUT2D eigenvalue weighted by atomic mass is 14.5. The molecule has 0 aliphatic heterocycles. The van der Waals surface area contributed by atoms with E-state index in [1.807, 2.05) is 0 Å². The van der Waals surface area contributed by atoms with E-state index in [4.69, 9.17) is 5.73 Å². The van der Waals surface area contributed by atoms with Crippen molar-refractivity contribution < 1.29 is 0 Å². The summed E-state index contributed by atoms with van der Waals surface area (Å²) in [4.78, 5) is 0. The van der Waals surface area contributed by atoms with Crippen LogP contribution in [0.3, 0.4) is 0 Å². The predicted octanol–water partition coefficient (Wildman–Crippen LogP) is 6.06. The smallest absolute Gasteiger partial charge is 0.00489 e. The molecular formula is C18H39N. The van der Waals surface area contributed by atoms with Crippen molar-refractivity contribution in [3.8, 4) is 0 Å². The molecule has 19 heavy (non-hydrogen) atoms. The van der Waals surface area contributed by atoms with Crippen molar-refractivity contribution in [3.05, 3.63) is 0 Å². The van der Waals surface area contributed by atoms with Crippen LogP contribution in [0.25, 0.3) is 0 Å². The minimum Gasteiger partial charge on any atom is -0.330 e. The summed E-state index contributed by atoms with van der Waals surface area (Å²) in [6.07, 6.45) is 19.7. The van der Waals surface area contributed by atoms with Crippen LogP contribution >= 0.6 is 0 Å². The van der Waals surface area contributed by atoms with Crippen LogP contribution in [0.2, 0.25) is 0 Å². The Kier molecular flexibility index (Phi) is 16.0. The van der Waals surface area contributed by atoms with E-state index in [1.54, 1.807) is 0 Å². The van der Waals surface area contributed by atoms with Crippen LogP contribution in [0.4, 0.5) is 0 Å². The fourth-order valence-electron chi connectivity index (χ4n) is 2.81. The first-order valence-corrected chi connectivity index (χ1v) is 9.05. The Bertz CT molecular complexity index is 140. The zero-order valence-electron chi connectivity index (χ0n) is 13.8. The van der Waals surface area contributed by atoms with Gasteiger partial charge in [-0.3, -0.25) is 0 Å². The van der Waals surface area contributed by atoms with Gasteiger partial charge >= 0.3 is 0 Å². The van der Waals surface area contributed by atoms with E-state index in [9.17, 15) is 0 Å². The van der Waals surface area contributed by atoms with Gasteiger partial charge in [0.1, 0.15) is 0 Å². The van der Waals surface area contributed by atoms with E-state index in [0.717, 1.165) is 12.5 Å². The molecule has 0 aromatic heterocycles. The molecule has 0 fully saturated rings. The molecule has 0 atom stereocenters. The summed E-state index contributed by atoms with van der Waals surface area (Å²) in [7, 11) is 0. The van der Waals surface area contributed by atoms with Crippen LogP contribution in [0.15, 0.2) is 0 Å². The Morgan fingerprint density at radius 1 is 0.579 bits per heavy atom. The maximum atomic E-state index is 5.90. The van der Waals surface area contributed by atoms with Gasteiger partial charge in [-0.05, 0) is 25.3 Å². The first-order chi connectivity index (χ1) is 9.35. The molecule has 0 radical (unpaired) electrons. The molecule has 0 amide bonds. The van der Waals surface area contributed by atoms with Crippen molar-refractivity contribution in [1.82, 2.24) is 0 Å². The highest BCUT2D eigenvalue weighted by Gasteiger charge is 2.05. The second-order valence-electron chi connectivity index (χ2n) is 6.21. The minimum absolute atomic E-state index is 0.803. The second kappa shape index (κ2) is 16.0. The van der Waals surface area contributed by atoms with Crippen molar-refractivity contribution in [2.24, 2.45) is 11.7 Å². The molecule has 2 N–H and O–H groups in total. The van der Waals surface area contributed by atoms with Gasteiger partial charge in [0.05, 0.1) is 0 Å². The van der Waals surface area contributed by atoms with E-state index >= 15 is 0 Å². The van der Waals surface area contributed by atoms with Gasteiger partial charge < -0.3 is 5.73 Å². The third-order valence-corrected chi connectivity index (χ3v) is 4.27. The molecule has 0 aliphatic rings. The third-order valence-electron chi connectivity index (χ3n) is 4.27. The highest BCUT2D eigenvalue weighted by molar-refractivity contribution is 4.61. The lowest BCUT2D eigenvalue weighted by atomic mass is 9.94. The van der Waals surface area contributed by atoms with Crippen LogP contribution in [0.5, 0.6) is 0 Å². The number of hydrogen-bond acceptors (Lipinski definition) is 1. The molecule has 0 saturated heterocycles. The van der Waals surface area contributed by atoms with Crippen molar-refractivity contribution in [3.63, 3.8) is 0 Å². The molecule has 1 heteroatoms. The van der Waals surface area contributed by atoms with Gasteiger partial charge in [0.2, 0.25) is 0 Å². The molecule has 0 spiro atoms. The fourth-order valence-corrected chi connectivity index (χ4v) is 2.81. The molecule has 116 valence electrons. The lowest BCUT2D eigenvalue weighted by Crippen LogP contribution is -2.14. The molecule has 0 aliphatic carbocycles. The first-order valence-electron chi connectivity index (χ1n) is 9.05. The zero-order chi connectivity index (χ0) is 14.2. The number of nitrogens with two attached hydrogens (primary N) is 1. The van der Waals surface area contributed by atoms with Crippen LogP contribution in [0.1, 0.15) is 104 Å². The minimum atomic E-state index is 0.803. The van der Waals surface area contributed by atoms with E-state index in [1.165, 1.54) is 89.9 Å². The van der Waals surface area contributed by atoms with E-state index < -0.39 is 0 Å². The van der Waals surface area contributed by atoms with E-state index in [0.29, 0.717) is 0 Å². The second-order valence-corrected chi connectivity index (χ2v) is 6.21. The maximum Gasteiger partial charge on any atom is -0.00489 e. The molecule has 0 unspecified atom stereocenters. The van der Waals surface area contributed by atoms with Gasteiger partial charge in [0, 0.05) is 0 Å². The summed E-state index contributed by atoms with van der Waals surface area (Å²) in [5.74, 6) is 0.803. The molecule has 0 rings (SSSR count). The van der Waals surface area contributed by atoms with Gasteiger partial charge in [0.15, 0.2) is 0 Å². The Morgan fingerprint density at radius 2 is 0.947 bits per heavy atom. The van der Waals surface area contributed by atoms with Gasteiger partial charge in [0.25, 0.3) is 0 Å². The number of hydrogen-bond donors (Lipinski definition) is 1. The molecule has 0 saturated carbocycles. The molecule has 0 aromatic carbocycles. The molecule has 1 nitrogen and oxygen atoms in total. The average Bonchev–Trinajstić information content (AvgIpc) is 2.44. The Hall–Kier alpha value is -0.0400. The fraction of sp³-hybridized carbons (Fsp3) is 1.00. The van der Waals surface area contributed by atoms with Crippen LogP contribution in [-0.4, -0.2) is 6.54 Å². The lowest BCUT2D eigenvalue weighted by molar-refractivity contribution is 0.410. The standard InChI is InChI=1S/C18H39N/c1-3-5-7-9-11-13-15-18(17-19)16-14-12-10-8-6-4-2/h18H,3-17,19H2,1-2H3. The number of unbranched alkanes of at least 4 members (excludes halogenated alkanes) is 10. The van der Waals surface area contributed by atoms with Crippen molar-refractivity contribution in [1.29, 1.82) is 0 Å². The van der Waals surface area contributed by atoms with Gasteiger partial charge in [-0.1, -0.05) is 90.9 Å². The third kappa shape index (κ3) is 14.2. The molecule has 0 bridgehead atoms. The largest absolute Gasteiger partial charge is 0.330 e. The summed E-state index contributed by atoms with van der Waals surface area (Å²) in [6.45, 7) is 5.47. The topological polar surface area (TPSA) is 26.0 Å². The van der Waals surface area contributed by atoms with Crippen LogP contribution in [0, 0.1) is 5.92 Å². The summed E-state index contributed by atoms with van der Waals surface area (Å²) >= 11 is 0. The monoisotopic (exact) mass is 269 g/mol. The van der Waals surface area contributed by atoms with E-state index in [-0.39, 0.29) is 0 Å². The quantitative estimate of drug-likeness (QED) is 0.359. The Balaban J connectivity index is 3.30.